The molecular weight excluding hydrogens is 298 g/mol. The molecule has 0 spiro atoms. The fourth-order valence-electron chi connectivity index (χ4n) is 4.07. The Hall–Kier alpha value is -2.05. The molecule has 2 aliphatic heterocycles. The van der Waals surface area contributed by atoms with Gasteiger partial charge in [-0.15, -0.1) is 0 Å². The lowest BCUT2D eigenvalue weighted by molar-refractivity contribution is 0.0692. The highest BCUT2D eigenvalue weighted by Gasteiger charge is 2.40. The second kappa shape index (κ2) is 5.25. The summed E-state index contributed by atoms with van der Waals surface area (Å²) in [6, 6.07) is 3.45. The predicted molar refractivity (Wildman–Crippen MR) is 82.0 cm³/mol. The number of hydrogen-bond donors (Lipinski definition) is 2. The number of likely N-dealkylation sites (N-methyl/N-ethyl adjacent to an activating group) is 1. The Labute approximate surface area is 133 Å². The van der Waals surface area contributed by atoms with Gasteiger partial charge in [0.25, 0.3) is 0 Å². The van der Waals surface area contributed by atoms with Gasteiger partial charge in [0.2, 0.25) is 6.79 Å². The highest BCUT2D eigenvalue weighted by molar-refractivity contribution is 5.91. The molecule has 3 atom stereocenters. The van der Waals surface area contributed by atoms with Crippen LogP contribution in [-0.2, 0) is 0 Å². The standard InChI is InChI=1S/C17H19NO5/c1-18-3-2-9-4-10(19)5-12(16(9)18)11-6-14-15(23-8-22-14)7-13(11)17(20)21/h4,6-7,10,12,16,19H,2-3,5,8H2,1H3,(H,20,21)/t10-,12-,16+/m1/s1. The van der Waals surface area contributed by atoms with E-state index < -0.39 is 12.1 Å². The van der Waals surface area contributed by atoms with Crippen LogP contribution in [0.15, 0.2) is 23.8 Å². The number of likely N-dealkylation sites (tertiary alicyclic amines) is 1. The van der Waals surface area contributed by atoms with Gasteiger partial charge in [0.1, 0.15) is 0 Å². The number of benzene rings is 1. The minimum absolute atomic E-state index is 0.0712. The van der Waals surface area contributed by atoms with Crippen LogP contribution < -0.4 is 9.47 Å². The van der Waals surface area contributed by atoms with E-state index >= 15 is 0 Å². The van der Waals surface area contributed by atoms with Gasteiger partial charge in [0, 0.05) is 18.5 Å². The lowest BCUT2D eigenvalue weighted by Crippen LogP contribution is -2.37. The SMILES string of the molecule is CN1CCC2=C[C@@H](O)C[C@H](c3cc4c(cc3C(=O)O)OCO4)[C@H]21. The zero-order chi connectivity index (χ0) is 16.1. The molecule has 1 aromatic carbocycles. The zero-order valence-corrected chi connectivity index (χ0v) is 12.9. The summed E-state index contributed by atoms with van der Waals surface area (Å²) in [5, 5.41) is 19.8. The fourth-order valence-corrected chi connectivity index (χ4v) is 4.07. The van der Waals surface area contributed by atoms with Crippen molar-refractivity contribution in [2.24, 2.45) is 0 Å². The number of ether oxygens (including phenoxy) is 2. The van der Waals surface area contributed by atoms with Crippen molar-refractivity contribution in [2.45, 2.75) is 30.9 Å². The van der Waals surface area contributed by atoms with Crippen LogP contribution >= 0.6 is 0 Å². The Morgan fingerprint density at radius 2 is 2.04 bits per heavy atom. The summed E-state index contributed by atoms with van der Waals surface area (Å²) in [6.45, 7) is 1.03. The topological polar surface area (TPSA) is 79.2 Å². The molecule has 2 heterocycles. The number of hydrogen-bond acceptors (Lipinski definition) is 5. The van der Waals surface area contributed by atoms with E-state index in [4.69, 9.17) is 9.47 Å². The molecule has 23 heavy (non-hydrogen) atoms. The first-order valence-electron chi connectivity index (χ1n) is 7.80. The number of rotatable bonds is 2. The Balaban J connectivity index is 1.83. The van der Waals surface area contributed by atoms with Crippen molar-refractivity contribution in [1.29, 1.82) is 0 Å². The molecule has 122 valence electrons. The molecule has 1 aromatic rings. The number of aliphatic hydroxyl groups is 1. The summed E-state index contributed by atoms with van der Waals surface area (Å²) < 4.78 is 10.7. The highest BCUT2D eigenvalue weighted by atomic mass is 16.7. The lowest BCUT2D eigenvalue weighted by atomic mass is 9.77. The van der Waals surface area contributed by atoms with Gasteiger partial charge in [0.05, 0.1) is 11.7 Å². The lowest BCUT2D eigenvalue weighted by Gasteiger charge is -2.35. The van der Waals surface area contributed by atoms with Crippen LogP contribution in [0.4, 0.5) is 0 Å². The molecule has 1 saturated heterocycles. The smallest absolute Gasteiger partial charge is 0.336 e. The third-order valence-corrected chi connectivity index (χ3v) is 5.07. The molecule has 6 heteroatoms. The average Bonchev–Trinajstić information content (AvgIpc) is 3.11. The fraction of sp³-hybridized carbons (Fsp3) is 0.471. The number of carboxylic acid groups (broad SMARTS) is 1. The van der Waals surface area contributed by atoms with Crippen molar-refractivity contribution in [3.63, 3.8) is 0 Å². The van der Waals surface area contributed by atoms with Gasteiger partial charge < -0.3 is 19.7 Å². The maximum absolute atomic E-state index is 11.7. The number of nitrogens with zero attached hydrogens (tertiary/aromatic N) is 1. The Morgan fingerprint density at radius 1 is 1.30 bits per heavy atom. The van der Waals surface area contributed by atoms with Crippen molar-refractivity contribution in [3.8, 4) is 11.5 Å². The highest BCUT2D eigenvalue weighted by Crippen LogP contribution is 2.45. The minimum Gasteiger partial charge on any atom is -0.478 e. The van der Waals surface area contributed by atoms with Crippen LogP contribution in [0.2, 0.25) is 0 Å². The molecule has 2 N–H and O–H groups in total. The molecule has 0 saturated carbocycles. The van der Waals surface area contributed by atoms with Crippen molar-refractivity contribution < 1.29 is 24.5 Å². The van der Waals surface area contributed by atoms with Crippen LogP contribution in [0, 0.1) is 0 Å². The first-order chi connectivity index (χ1) is 11.0. The number of aliphatic hydroxyl groups excluding tert-OH is 1. The quantitative estimate of drug-likeness (QED) is 0.807. The summed E-state index contributed by atoms with van der Waals surface area (Å²) in [4.78, 5) is 14.0. The molecule has 1 fully saturated rings. The molecule has 3 aliphatic rings. The Kier molecular flexibility index (Phi) is 3.32. The van der Waals surface area contributed by atoms with Gasteiger partial charge in [-0.25, -0.2) is 4.79 Å². The van der Waals surface area contributed by atoms with Gasteiger partial charge in [-0.05, 0) is 37.6 Å². The molecule has 0 aromatic heterocycles. The van der Waals surface area contributed by atoms with E-state index in [9.17, 15) is 15.0 Å². The summed E-state index contributed by atoms with van der Waals surface area (Å²) in [7, 11) is 2.05. The van der Waals surface area contributed by atoms with Crippen LogP contribution in [0.25, 0.3) is 0 Å². The summed E-state index contributed by atoms with van der Waals surface area (Å²) in [6.07, 6.45) is 2.82. The van der Waals surface area contributed by atoms with E-state index in [1.165, 1.54) is 5.57 Å². The van der Waals surface area contributed by atoms with Gasteiger partial charge in [-0.3, -0.25) is 4.90 Å². The zero-order valence-electron chi connectivity index (χ0n) is 12.9. The van der Waals surface area contributed by atoms with Crippen molar-refractivity contribution in [2.75, 3.05) is 20.4 Å². The number of aromatic carboxylic acids is 1. The number of carboxylic acids is 1. The average molecular weight is 317 g/mol. The molecule has 0 amide bonds. The molecular formula is C17H19NO5. The molecule has 6 nitrogen and oxygen atoms in total. The first-order valence-corrected chi connectivity index (χ1v) is 7.80. The number of fused-ring (bicyclic) bond motifs is 2. The predicted octanol–water partition coefficient (Wildman–Crippen LogP) is 1.59. The Bertz CT molecular complexity index is 698. The van der Waals surface area contributed by atoms with Crippen molar-refractivity contribution in [1.82, 2.24) is 4.90 Å². The van der Waals surface area contributed by atoms with Gasteiger partial charge in [0.15, 0.2) is 11.5 Å². The molecule has 1 aliphatic carbocycles. The molecule has 0 bridgehead atoms. The van der Waals surface area contributed by atoms with Crippen LogP contribution in [0.5, 0.6) is 11.5 Å². The van der Waals surface area contributed by atoms with Crippen molar-refractivity contribution >= 4 is 5.97 Å². The van der Waals surface area contributed by atoms with Crippen LogP contribution in [0.3, 0.4) is 0 Å². The summed E-state index contributed by atoms with van der Waals surface area (Å²) in [5.74, 6) is -0.00284. The third kappa shape index (κ3) is 2.29. The Morgan fingerprint density at radius 3 is 2.78 bits per heavy atom. The van der Waals surface area contributed by atoms with E-state index in [0.717, 1.165) is 13.0 Å². The molecule has 4 rings (SSSR count). The van der Waals surface area contributed by atoms with Gasteiger partial charge in [-0.2, -0.15) is 0 Å². The minimum atomic E-state index is -0.982. The number of carbonyl (C=O) groups is 1. The normalized spacial score (nSPS) is 29.3. The summed E-state index contributed by atoms with van der Waals surface area (Å²) >= 11 is 0. The van der Waals surface area contributed by atoms with E-state index in [-0.39, 0.29) is 24.3 Å². The third-order valence-electron chi connectivity index (χ3n) is 5.07. The van der Waals surface area contributed by atoms with Crippen LogP contribution in [-0.4, -0.2) is 53.6 Å². The van der Waals surface area contributed by atoms with E-state index in [1.54, 1.807) is 12.1 Å². The monoisotopic (exact) mass is 317 g/mol. The van der Waals surface area contributed by atoms with Gasteiger partial charge >= 0.3 is 5.97 Å². The van der Waals surface area contributed by atoms with Crippen molar-refractivity contribution in [3.05, 3.63) is 34.9 Å². The second-order valence-electron chi connectivity index (χ2n) is 6.42. The van der Waals surface area contributed by atoms with Crippen LogP contribution in [0.1, 0.15) is 34.7 Å². The second-order valence-corrected chi connectivity index (χ2v) is 6.42. The van der Waals surface area contributed by atoms with E-state index in [0.29, 0.717) is 23.5 Å². The molecule has 0 radical (unpaired) electrons. The van der Waals surface area contributed by atoms with E-state index in [1.807, 2.05) is 13.1 Å². The van der Waals surface area contributed by atoms with E-state index in [2.05, 4.69) is 4.90 Å². The van der Waals surface area contributed by atoms with Gasteiger partial charge in [-0.1, -0.05) is 11.6 Å². The maximum Gasteiger partial charge on any atom is 0.336 e. The molecule has 0 unspecified atom stereocenters. The summed E-state index contributed by atoms with van der Waals surface area (Å²) in [5.41, 5.74) is 2.14. The largest absolute Gasteiger partial charge is 0.478 e. The maximum atomic E-state index is 11.7. The first kappa shape index (κ1) is 14.5.